The van der Waals surface area contributed by atoms with E-state index in [4.69, 9.17) is 11.6 Å². The van der Waals surface area contributed by atoms with E-state index in [2.05, 4.69) is 5.32 Å². The van der Waals surface area contributed by atoms with Crippen LogP contribution >= 0.6 is 11.6 Å². The van der Waals surface area contributed by atoms with Gasteiger partial charge in [0, 0.05) is 11.1 Å². The van der Waals surface area contributed by atoms with Gasteiger partial charge in [-0.1, -0.05) is 17.7 Å². The van der Waals surface area contributed by atoms with E-state index in [0.717, 1.165) is 0 Å². The lowest BCUT2D eigenvalue weighted by molar-refractivity contribution is 0.595. The zero-order valence-electron chi connectivity index (χ0n) is 12.3. The van der Waals surface area contributed by atoms with Crippen molar-refractivity contribution in [1.29, 1.82) is 0 Å². The van der Waals surface area contributed by atoms with Gasteiger partial charge in [0.2, 0.25) is 0 Å². The Balaban J connectivity index is 2.28. The van der Waals surface area contributed by atoms with Gasteiger partial charge in [-0.25, -0.2) is 12.8 Å². The first-order valence-electron chi connectivity index (χ1n) is 6.81. The molecule has 0 aliphatic rings. The number of nitrogens with one attached hydrogen (secondary N) is 1. The molecule has 0 atom stereocenters. The van der Waals surface area contributed by atoms with Crippen LogP contribution < -0.4 is 5.32 Å². The van der Waals surface area contributed by atoms with E-state index in [1.54, 1.807) is 0 Å². The number of halogens is 2. The Bertz CT molecular complexity index is 758. The van der Waals surface area contributed by atoms with Crippen LogP contribution in [0.2, 0.25) is 5.02 Å². The Morgan fingerprint density at radius 3 is 2.36 bits per heavy atom. The second-order valence-electron chi connectivity index (χ2n) is 5.33. The second-order valence-corrected chi connectivity index (χ2v) is 7.75. The van der Waals surface area contributed by atoms with Crippen LogP contribution in [0.3, 0.4) is 0 Å². The van der Waals surface area contributed by atoms with E-state index in [1.807, 2.05) is 13.8 Å². The van der Waals surface area contributed by atoms with Gasteiger partial charge in [-0.15, -0.1) is 0 Å². The van der Waals surface area contributed by atoms with Gasteiger partial charge in [0.1, 0.15) is 5.82 Å². The van der Waals surface area contributed by atoms with Gasteiger partial charge >= 0.3 is 0 Å². The highest BCUT2D eigenvalue weighted by Crippen LogP contribution is 2.22. The van der Waals surface area contributed by atoms with Crippen LogP contribution in [0.25, 0.3) is 0 Å². The number of benzene rings is 2. The highest BCUT2D eigenvalue weighted by atomic mass is 35.5. The van der Waals surface area contributed by atoms with Crippen LogP contribution in [0.4, 0.5) is 10.1 Å². The molecule has 0 heterocycles. The SMILES string of the molecule is CC(C)Nc1cc(CS(=O)(=O)c2ccc(Cl)cc2)ccc1F. The monoisotopic (exact) mass is 341 g/mol. The summed E-state index contributed by atoms with van der Waals surface area (Å²) in [5.74, 6) is -0.594. The lowest BCUT2D eigenvalue weighted by atomic mass is 10.2. The average Bonchev–Trinajstić information content (AvgIpc) is 2.42. The van der Waals surface area contributed by atoms with Crippen molar-refractivity contribution in [2.45, 2.75) is 30.5 Å². The van der Waals surface area contributed by atoms with Crippen molar-refractivity contribution in [2.24, 2.45) is 0 Å². The summed E-state index contributed by atoms with van der Waals surface area (Å²) in [7, 11) is -3.50. The Hall–Kier alpha value is -1.59. The van der Waals surface area contributed by atoms with Crippen molar-refractivity contribution >= 4 is 27.1 Å². The summed E-state index contributed by atoms with van der Waals surface area (Å²) in [5.41, 5.74) is 0.832. The highest BCUT2D eigenvalue weighted by Gasteiger charge is 2.16. The third-order valence-electron chi connectivity index (χ3n) is 3.00. The first-order valence-corrected chi connectivity index (χ1v) is 8.84. The van der Waals surface area contributed by atoms with Crippen molar-refractivity contribution < 1.29 is 12.8 Å². The average molecular weight is 342 g/mol. The molecule has 0 unspecified atom stereocenters. The normalized spacial score (nSPS) is 11.7. The molecule has 1 N–H and O–H groups in total. The molecule has 0 saturated carbocycles. The smallest absolute Gasteiger partial charge is 0.182 e. The van der Waals surface area contributed by atoms with Gasteiger partial charge in [0.25, 0.3) is 0 Å². The number of anilines is 1. The van der Waals surface area contributed by atoms with E-state index in [-0.39, 0.29) is 16.7 Å². The fraction of sp³-hybridized carbons (Fsp3) is 0.250. The molecule has 2 aromatic carbocycles. The minimum absolute atomic E-state index is 0.0534. The number of hydrogen-bond donors (Lipinski definition) is 1. The van der Waals surface area contributed by atoms with Crippen molar-refractivity contribution in [3.63, 3.8) is 0 Å². The summed E-state index contributed by atoms with van der Waals surface area (Å²) in [5, 5.41) is 3.44. The van der Waals surface area contributed by atoms with Crippen LogP contribution in [0, 0.1) is 5.82 Å². The minimum Gasteiger partial charge on any atom is -0.380 e. The Morgan fingerprint density at radius 1 is 1.14 bits per heavy atom. The number of sulfone groups is 1. The summed E-state index contributed by atoms with van der Waals surface area (Å²) in [6, 6.07) is 10.3. The fourth-order valence-corrected chi connectivity index (χ4v) is 3.49. The van der Waals surface area contributed by atoms with Crippen LogP contribution in [0.15, 0.2) is 47.4 Å². The van der Waals surface area contributed by atoms with Crippen LogP contribution in [0.5, 0.6) is 0 Å². The Morgan fingerprint density at radius 2 is 1.77 bits per heavy atom. The lowest BCUT2D eigenvalue weighted by Gasteiger charge is -2.12. The van der Waals surface area contributed by atoms with Crippen molar-refractivity contribution in [1.82, 2.24) is 0 Å². The molecule has 22 heavy (non-hydrogen) atoms. The van der Waals surface area contributed by atoms with E-state index in [1.165, 1.54) is 42.5 Å². The molecule has 118 valence electrons. The molecule has 0 aromatic heterocycles. The standard InChI is InChI=1S/C16H17ClFNO2S/c1-11(2)19-16-9-12(3-8-15(16)18)10-22(20,21)14-6-4-13(17)5-7-14/h3-9,11,19H,10H2,1-2H3. The van der Waals surface area contributed by atoms with Gasteiger partial charge in [0.05, 0.1) is 16.3 Å². The quantitative estimate of drug-likeness (QED) is 0.883. The first-order chi connectivity index (χ1) is 10.3. The molecule has 0 aliphatic heterocycles. The number of rotatable bonds is 5. The molecule has 2 rings (SSSR count). The van der Waals surface area contributed by atoms with Crippen molar-refractivity contribution in [3.05, 3.63) is 58.9 Å². The van der Waals surface area contributed by atoms with E-state index >= 15 is 0 Å². The third kappa shape index (κ3) is 4.21. The minimum atomic E-state index is -3.50. The van der Waals surface area contributed by atoms with Gasteiger partial charge in [0.15, 0.2) is 9.84 Å². The van der Waals surface area contributed by atoms with Gasteiger partial charge in [-0.05, 0) is 55.8 Å². The van der Waals surface area contributed by atoms with E-state index in [0.29, 0.717) is 16.3 Å². The van der Waals surface area contributed by atoms with Crippen LogP contribution in [0.1, 0.15) is 19.4 Å². The largest absolute Gasteiger partial charge is 0.380 e. The van der Waals surface area contributed by atoms with Gasteiger partial charge < -0.3 is 5.32 Å². The molecule has 0 fully saturated rings. The summed E-state index contributed by atoms with van der Waals surface area (Å²) in [6.07, 6.45) is 0. The molecule has 0 radical (unpaired) electrons. The second kappa shape index (κ2) is 6.67. The highest BCUT2D eigenvalue weighted by molar-refractivity contribution is 7.90. The fourth-order valence-electron chi connectivity index (χ4n) is 2.03. The lowest BCUT2D eigenvalue weighted by Crippen LogP contribution is -2.12. The molecular weight excluding hydrogens is 325 g/mol. The van der Waals surface area contributed by atoms with E-state index < -0.39 is 15.7 Å². The molecule has 3 nitrogen and oxygen atoms in total. The molecule has 2 aromatic rings. The Kier molecular flexibility index (Phi) is 5.08. The van der Waals surface area contributed by atoms with Crippen molar-refractivity contribution in [3.8, 4) is 0 Å². The van der Waals surface area contributed by atoms with Gasteiger partial charge in [-0.3, -0.25) is 0 Å². The first kappa shape index (κ1) is 16.8. The maximum absolute atomic E-state index is 13.7. The van der Waals surface area contributed by atoms with Crippen molar-refractivity contribution in [2.75, 3.05) is 5.32 Å². The summed E-state index contributed by atoms with van der Waals surface area (Å²) in [6.45, 7) is 3.77. The Labute approximate surface area is 135 Å². The van der Waals surface area contributed by atoms with Gasteiger partial charge in [-0.2, -0.15) is 0 Å². The third-order valence-corrected chi connectivity index (χ3v) is 4.96. The zero-order chi connectivity index (χ0) is 16.3. The van der Waals surface area contributed by atoms with E-state index in [9.17, 15) is 12.8 Å². The summed E-state index contributed by atoms with van der Waals surface area (Å²) < 4.78 is 38.5. The molecule has 0 saturated heterocycles. The predicted molar refractivity (Wildman–Crippen MR) is 87.5 cm³/mol. The molecule has 0 spiro atoms. The molecule has 0 bridgehead atoms. The molecular formula is C16H17ClFNO2S. The molecule has 6 heteroatoms. The topological polar surface area (TPSA) is 46.2 Å². The zero-order valence-corrected chi connectivity index (χ0v) is 13.9. The number of hydrogen-bond acceptors (Lipinski definition) is 3. The maximum atomic E-state index is 13.7. The van der Waals surface area contributed by atoms with Crippen LogP contribution in [-0.2, 0) is 15.6 Å². The maximum Gasteiger partial charge on any atom is 0.182 e. The molecule has 0 aliphatic carbocycles. The summed E-state index contributed by atoms with van der Waals surface area (Å²) >= 11 is 5.76. The van der Waals surface area contributed by atoms with Crippen LogP contribution in [-0.4, -0.2) is 14.5 Å². The predicted octanol–water partition coefficient (Wildman–Crippen LogP) is 4.27. The molecule has 0 amide bonds. The summed E-state index contributed by atoms with van der Waals surface area (Å²) in [4.78, 5) is 0.194.